The lowest BCUT2D eigenvalue weighted by molar-refractivity contribution is 0.0333. The average Bonchev–Trinajstić information content (AvgIpc) is 2.88. The summed E-state index contributed by atoms with van der Waals surface area (Å²) in [6.45, 7) is 11.4. The minimum atomic E-state index is -3.50. The van der Waals surface area contributed by atoms with E-state index in [1.54, 1.807) is 12.1 Å². The summed E-state index contributed by atoms with van der Waals surface area (Å²) in [5, 5.41) is 0. The molecule has 8 nitrogen and oxygen atoms in total. The molecule has 1 atom stereocenters. The van der Waals surface area contributed by atoms with Gasteiger partial charge in [-0.15, -0.1) is 0 Å². The molecule has 1 unspecified atom stereocenters. The molecular weight excluding hydrogens is 492 g/mol. The Morgan fingerprint density at radius 1 is 0.838 bits per heavy atom. The Balaban J connectivity index is 1.51. The van der Waals surface area contributed by atoms with Crippen molar-refractivity contribution in [2.24, 2.45) is 5.92 Å². The molecule has 9 heteroatoms. The number of fused-ring (bicyclic) bond motifs is 1. The number of rotatable bonds is 8. The summed E-state index contributed by atoms with van der Waals surface area (Å²) in [5.74, 6) is 1.82. The van der Waals surface area contributed by atoms with Crippen molar-refractivity contribution in [3.63, 3.8) is 0 Å². The lowest BCUT2D eigenvalue weighted by atomic mass is 9.97. The molecule has 206 valence electrons. The van der Waals surface area contributed by atoms with Gasteiger partial charge in [-0.3, -0.25) is 4.90 Å². The van der Waals surface area contributed by atoms with Crippen molar-refractivity contribution in [3.8, 4) is 11.5 Å². The molecule has 37 heavy (non-hydrogen) atoms. The van der Waals surface area contributed by atoms with Gasteiger partial charge in [0.1, 0.15) is 13.2 Å². The van der Waals surface area contributed by atoms with Crippen molar-refractivity contribution in [1.82, 2.24) is 9.62 Å². The van der Waals surface area contributed by atoms with Crippen LogP contribution in [0.15, 0.2) is 53.4 Å². The van der Waals surface area contributed by atoms with E-state index < -0.39 is 10.0 Å². The molecule has 2 aromatic rings. The summed E-state index contributed by atoms with van der Waals surface area (Å²) in [6, 6.07) is 14.8. The molecule has 0 aliphatic carbocycles. The van der Waals surface area contributed by atoms with Crippen LogP contribution in [0.2, 0.25) is 0 Å². The molecule has 0 bridgehead atoms. The third-order valence-electron chi connectivity index (χ3n) is 6.40. The molecule has 3 rings (SSSR count). The van der Waals surface area contributed by atoms with Gasteiger partial charge in [-0.25, -0.2) is 13.1 Å². The molecule has 0 aromatic heterocycles. The van der Waals surface area contributed by atoms with Crippen molar-refractivity contribution in [1.29, 1.82) is 0 Å². The summed E-state index contributed by atoms with van der Waals surface area (Å²) >= 11 is 0. The van der Waals surface area contributed by atoms with Crippen LogP contribution >= 0.6 is 0 Å². The van der Waals surface area contributed by atoms with E-state index in [2.05, 4.69) is 23.5 Å². The molecule has 1 N–H and O–H groups in total. The van der Waals surface area contributed by atoms with Crippen LogP contribution in [0.3, 0.4) is 0 Å². The van der Waals surface area contributed by atoms with E-state index in [1.165, 1.54) is 0 Å². The minimum Gasteiger partial charge on any atom is -0.487 e. The predicted octanol–water partition coefficient (Wildman–Crippen LogP) is 3.88. The summed E-state index contributed by atoms with van der Waals surface area (Å²) < 4.78 is 51.4. The Hall–Kier alpha value is -2.17. The number of ether oxygens (including phenoxy) is 4. The Bertz CT molecular complexity index is 994. The van der Waals surface area contributed by atoms with Crippen LogP contribution in [-0.2, 0) is 19.5 Å². The Kier molecular flexibility index (Phi) is 12.1. The monoisotopic (exact) mass is 534 g/mol. The van der Waals surface area contributed by atoms with Crippen molar-refractivity contribution < 1.29 is 27.4 Å². The fourth-order valence-corrected chi connectivity index (χ4v) is 5.45. The van der Waals surface area contributed by atoms with E-state index >= 15 is 0 Å². The van der Waals surface area contributed by atoms with E-state index in [0.29, 0.717) is 68.5 Å². The van der Waals surface area contributed by atoms with Gasteiger partial charge < -0.3 is 18.9 Å². The van der Waals surface area contributed by atoms with Gasteiger partial charge >= 0.3 is 0 Å². The molecule has 1 aliphatic rings. The highest BCUT2D eigenvalue weighted by atomic mass is 32.2. The summed E-state index contributed by atoms with van der Waals surface area (Å²) in [5.41, 5.74) is 1.03. The third-order valence-corrected chi connectivity index (χ3v) is 7.88. The van der Waals surface area contributed by atoms with Gasteiger partial charge in [0.25, 0.3) is 0 Å². The Labute approximate surface area is 222 Å². The molecular formula is C28H42N2O6S. The van der Waals surface area contributed by atoms with Crippen LogP contribution in [0.25, 0.3) is 0 Å². The molecule has 0 spiro atoms. The molecule has 1 heterocycles. The zero-order valence-corrected chi connectivity index (χ0v) is 23.2. The number of hydrogen-bond donors (Lipinski definition) is 1. The quantitative estimate of drug-likeness (QED) is 0.515. The van der Waals surface area contributed by atoms with Gasteiger partial charge in [-0.05, 0) is 49.9 Å². The molecule has 0 radical (unpaired) electrons. The first-order valence-electron chi connectivity index (χ1n) is 13.2. The van der Waals surface area contributed by atoms with E-state index in [-0.39, 0.29) is 6.04 Å². The van der Waals surface area contributed by atoms with Gasteiger partial charge in [0.2, 0.25) is 10.0 Å². The zero-order valence-electron chi connectivity index (χ0n) is 22.4. The van der Waals surface area contributed by atoms with Gasteiger partial charge in [0, 0.05) is 25.7 Å². The smallest absolute Gasteiger partial charge is 0.240 e. The van der Waals surface area contributed by atoms with Crippen LogP contribution in [0, 0.1) is 12.8 Å². The minimum absolute atomic E-state index is 0.281. The Morgan fingerprint density at radius 2 is 1.41 bits per heavy atom. The lowest BCUT2D eigenvalue weighted by Gasteiger charge is -2.34. The van der Waals surface area contributed by atoms with E-state index in [0.717, 1.165) is 31.5 Å². The van der Waals surface area contributed by atoms with Crippen LogP contribution in [-0.4, -0.2) is 78.6 Å². The summed E-state index contributed by atoms with van der Waals surface area (Å²) in [6.07, 6.45) is 1.61. The second kappa shape index (κ2) is 15.3. The number of nitrogens with zero attached hydrogens (tertiary/aromatic N) is 1. The highest BCUT2D eigenvalue weighted by Gasteiger charge is 2.22. The lowest BCUT2D eigenvalue weighted by Crippen LogP contribution is -2.43. The van der Waals surface area contributed by atoms with Gasteiger partial charge in [0.05, 0.1) is 31.3 Å². The van der Waals surface area contributed by atoms with Gasteiger partial charge in [-0.2, -0.15) is 0 Å². The first kappa shape index (κ1) is 29.4. The van der Waals surface area contributed by atoms with Crippen LogP contribution in [0.1, 0.15) is 32.3 Å². The van der Waals surface area contributed by atoms with E-state index in [1.807, 2.05) is 43.3 Å². The zero-order chi connectivity index (χ0) is 26.5. The van der Waals surface area contributed by atoms with Crippen molar-refractivity contribution in [3.05, 3.63) is 54.1 Å². The number of para-hydroxylation sites is 2. The van der Waals surface area contributed by atoms with Crippen LogP contribution in [0.4, 0.5) is 0 Å². The van der Waals surface area contributed by atoms with Gasteiger partial charge in [-0.1, -0.05) is 43.7 Å². The maximum absolute atomic E-state index is 12.6. The average molecular weight is 535 g/mol. The summed E-state index contributed by atoms with van der Waals surface area (Å²) in [4.78, 5) is 2.70. The maximum atomic E-state index is 12.6. The van der Waals surface area contributed by atoms with Crippen molar-refractivity contribution in [2.75, 3.05) is 59.3 Å². The van der Waals surface area contributed by atoms with Crippen molar-refractivity contribution >= 4 is 10.0 Å². The molecule has 2 aromatic carbocycles. The van der Waals surface area contributed by atoms with E-state index in [9.17, 15) is 8.42 Å². The predicted molar refractivity (Wildman–Crippen MR) is 145 cm³/mol. The maximum Gasteiger partial charge on any atom is 0.240 e. The fourth-order valence-electron chi connectivity index (χ4n) is 4.38. The van der Waals surface area contributed by atoms with Crippen molar-refractivity contribution in [2.45, 2.75) is 44.6 Å². The molecule has 0 saturated heterocycles. The number of benzene rings is 2. The molecule has 1 aliphatic heterocycles. The molecule has 0 amide bonds. The third kappa shape index (κ3) is 9.90. The normalized spacial score (nSPS) is 17.6. The second-order valence-electron chi connectivity index (χ2n) is 9.57. The number of aryl methyl sites for hydroxylation is 1. The Morgan fingerprint density at radius 3 is 1.95 bits per heavy atom. The summed E-state index contributed by atoms with van der Waals surface area (Å²) in [7, 11) is -3.50. The first-order valence-corrected chi connectivity index (χ1v) is 14.7. The van der Waals surface area contributed by atoms with Crippen LogP contribution in [0.5, 0.6) is 11.5 Å². The highest BCUT2D eigenvalue weighted by molar-refractivity contribution is 7.89. The number of hydrogen-bond acceptors (Lipinski definition) is 7. The second-order valence-corrected chi connectivity index (χ2v) is 11.3. The fraction of sp³-hybridized carbons (Fsp3) is 0.571. The molecule has 0 fully saturated rings. The highest BCUT2D eigenvalue weighted by Crippen LogP contribution is 2.26. The van der Waals surface area contributed by atoms with Gasteiger partial charge in [0.15, 0.2) is 11.5 Å². The number of nitrogens with one attached hydrogen (secondary N) is 1. The first-order chi connectivity index (χ1) is 17.9. The van der Waals surface area contributed by atoms with Crippen LogP contribution < -0.4 is 14.2 Å². The van der Waals surface area contributed by atoms with E-state index in [4.69, 9.17) is 18.9 Å². The number of sulfonamides is 1. The topological polar surface area (TPSA) is 86.3 Å². The standard InChI is InChI=1S/C28H42N2O6S/c1-23(2)26(7-6-14-29-37(31,32)25-12-10-24(3)11-13-25)30-15-17-33-19-21-35-27-8-4-5-9-28(27)36-22-20-34-18-16-30/h4-5,8-13,23,26,29H,6-7,14-22H2,1-3H3. The SMILES string of the molecule is Cc1ccc(S(=O)(=O)NCCCC(C(C)C)N2CCOCCOc3ccccc3OCCOCC2)cc1. The molecule has 0 saturated carbocycles. The largest absolute Gasteiger partial charge is 0.487 e.